The molecule has 0 aliphatic carbocycles. The lowest BCUT2D eigenvalue weighted by Gasteiger charge is -2.22. The molecule has 0 spiro atoms. The lowest BCUT2D eigenvalue weighted by atomic mass is 10.1. The number of halogens is 1. The van der Waals surface area contributed by atoms with E-state index in [1.165, 1.54) is 31.3 Å². The maximum atomic E-state index is 13.1. The minimum Gasteiger partial charge on any atom is -0.493 e. The molecule has 0 radical (unpaired) electrons. The van der Waals surface area contributed by atoms with Gasteiger partial charge in [0.15, 0.2) is 18.1 Å². The van der Waals surface area contributed by atoms with Gasteiger partial charge >= 0.3 is 5.97 Å². The number of carbonyl (C=O) groups excluding carboxylic acids is 3. The third-order valence-corrected chi connectivity index (χ3v) is 4.17. The van der Waals surface area contributed by atoms with Crippen molar-refractivity contribution in [3.8, 4) is 11.5 Å². The molecular weight excluding hydrogens is 400 g/mol. The number of primary amides is 1. The van der Waals surface area contributed by atoms with Gasteiger partial charge in [0.1, 0.15) is 6.54 Å². The maximum absolute atomic E-state index is 13.1. The van der Waals surface area contributed by atoms with Crippen molar-refractivity contribution >= 4 is 29.4 Å². The first-order valence-corrected chi connectivity index (χ1v) is 8.92. The van der Waals surface area contributed by atoms with E-state index in [1.54, 1.807) is 0 Å². The van der Waals surface area contributed by atoms with E-state index >= 15 is 0 Å². The second-order valence-corrected chi connectivity index (χ2v) is 6.37. The molecule has 0 aliphatic heterocycles. The molecule has 2 N–H and O–H groups in total. The number of nitrogens with zero attached hydrogens (tertiary/aromatic N) is 1. The highest BCUT2D eigenvalue weighted by atomic mass is 35.5. The molecule has 0 atom stereocenters. The van der Waals surface area contributed by atoms with Gasteiger partial charge in [-0.25, -0.2) is 0 Å². The quantitative estimate of drug-likeness (QED) is 0.622. The second kappa shape index (κ2) is 10.3. The third kappa shape index (κ3) is 6.11. The molecule has 2 rings (SSSR count). The second-order valence-electron chi connectivity index (χ2n) is 5.97. The molecule has 2 aromatic carbocycles. The Hall–Kier alpha value is -3.26. The van der Waals surface area contributed by atoms with Crippen LogP contribution in [0.1, 0.15) is 15.9 Å². The van der Waals surface area contributed by atoms with Gasteiger partial charge < -0.3 is 24.8 Å². The molecule has 29 heavy (non-hydrogen) atoms. The summed E-state index contributed by atoms with van der Waals surface area (Å²) in [7, 11) is 2.62. The summed E-state index contributed by atoms with van der Waals surface area (Å²) >= 11 is 6.22. The lowest BCUT2D eigenvalue weighted by molar-refractivity contribution is -0.141. The number of rotatable bonds is 9. The van der Waals surface area contributed by atoms with Crippen LogP contribution in [0.5, 0.6) is 11.5 Å². The minimum atomic E-state index is -0.685. The Morgan fingerprint density at radius 3 is 2.38 bits per heavy atom. The molecule has 0 fully saturated rings. The van der Waals surface area contributed by atoms with Crippen LogP contribution in [0.3, 0.4) is 0 Å². The van der Waals surface area contributed by atoms with Crippen LogP contribution in [-0.2, 0) is 20.9 Å². The van der Waals surface area contributed by atoms with Crippen LogP contribution in [0.15, 0.2) is 42.5 Å². The van der Waals surface area contributed by atoms with Gasteiger partial charge in [0.2, 0.25) is 0 Å². The maximum Gasteiger partial charge on any atom is 0.325 e. The standard InChI is InChI=1S/C20H21ClN2O6/c1-27-16-9-14(8-15(21)19(16)29-12-17(22)24)20(26)23(11-18(25)28-2)10-13-6-4-3-5-7-13/h3-9H,10-12H2,1-2H3,(H2,22,24). The Morgan fingerprint density at radius 1 is 1.10 bits per heavy atom. The van der Waals surface area contributed by atoms with Crippen LogP contribution in [0.2, 0.25) is 5.02 Å². The number of hydrogen-bond acceptors (Lipinski definition) is 6. The Morgan fingerprint density at radius 2 is 1.79 bits per heavy atom. The van der Waals surface area contributed by atoms with E-state index in [-0.39, 0.29) is 35.2 Å². The molecule has 0 aliphatic rings. The number of amides is 2. The molecule has 0 unspecified atom stereocenters. The summed E-state index contributed by atoms with van der Waals surface area (Å²) in [6.45, 7) is -0.454. The topological polar surface area (TPSA) is 108 Å². The van der Waals surface area contributed by atoms with Gasteiger partial charge in [0.25, 0.3) is 11.8 Å². The molecule has 2 aromatic rings. The van der Waals surface area contributed by atoms with Crippen molar-refractivity contribution in [2.45, 2.75) is 6.54 Å². The summed E-state index contributed by atoms with van der Waals surface area (Å²) in [6.07, 6.45) is 0. The van der Waals surface area contributed by atoms with Gasteiger partial charge in [-0.2, -0.15) is 0 Å². The molecule has 0 saturated carbocycles. The van der Waals surface area contributed by atoms with Crippen molar-refractivity contribution in [1.82, 2.24) is 4.90 Å². The molecular formula is C20H21ClN2O6. The zero-order valence-electron chi connectivity index (χ0n) is 16.0. The highest BCUT2D eigenvalue weighted by Gasteiger charge is 2.23. The fourth-order valence-electron chi connectivity index (χ4n) is 2.53. The average Bonchev–Trinajstić information content (AvgIpc) is 2.71. The normalized spacial score (nSPS) is 10.2. The van der Waals surface area contributed by atoms with Crippen LogP contribution < -0.4 is 15.2 Å². The van der Waals surface area contributed by atoms with Crippen molar-refractivity contribution in [1.29, 1.82) is 0 Å². The van der Waals surface area contributed by atoms with Crippen molar-refractivity contribution in [3.63, 3.8) is 0 Å². The van der Waals surface area contributed by atoms with Gasteiger partial charge in [-0.15, -0.1) is 0 Å². The molecule has 0 aromatic heterocycles. The summed E-state index contributed by atoms with van der Waals surface area (Å²) in [5.74, 6) is -1.46. The van der Waals surface area contributed by atoms with Crippen molar-refractivity contribution < 1.29 is 28.6 Å². The summed E-state index contributed by atoms with van der Waals surface area (Å²) in [5.41, 5.74) is 6.10. The van der Waals surface area contributed by atoms with E-state index in [1.807, 2.05) is 30.3 Å². The van der Waals surface area contributed by atoms with Gasteiger partial charge in [0, 0.05) is 12.1 Å². The largest absolute Gasteiger partial charge is 0.493 e. The van der Waals surface area contributed by atoms with Crippen LogP contribution in [0, 0.1) is 0 Å². The smallest absolute Gasteiger partial charge is 0.325 e. The number of hydrogen-bond donors (Lipinski definition) is 1. The lowest BCUT2D eigenvalue weighted by Crippen LogP contribution is -2.35. The highest BCUT2D eigenvalue weighted by molar-refractivity contribution is 6.32. The monoisotopic (exact) mass is 420 g/mol. The molecule has 0 heterocycles. The van der Waals surface area contributed by atoms with Crippen molar-refractivity contribution in [2.75, 3.05) is 27.4 Å². The summed E-state index contributed by atoms with van der Waals surface area (Å²) in [5, 5.41) is 0.0617. The van der Waals surface area contributed by atoms with E-state index in [4.69, 9.17) is 31.5 Å². The Bertz CT molecular complexity index is 888. The first kappa shape index (κ1) is 22.0. The predicted octanol–water partition coefficient (Wildman–Crippen LogP) is 2.03. The molecule has 0 bridgehead atoms. The number of carbonyl (C=O) groups is 3. The van der Waals surface area contributed by atoms with Gasteiger partial charge in [-0.1, -0.05) is 41.9 Å². The summed E-state index contributed by atoms with van der Waals surface area (Å²) < 4.78 is 15.2. The number of benzene rings is 2. The van der Waals surface area contributed by atoms with E-state index in [0.29, 0.717) is 0 Å². The molecule has 8 nitrogen and oxygen atoms in total. The third-order valence-electron chi connectivity index (χ3n) is 3.89. The first-order valence-electron chi connectivity index (χ1n) is 8.54. The Kier molecular flexibility index (Phi) is 7.85. The van der Waals surface area contributed by atoms with Gasteiger partial charge in [-0.3, -0.25) is 14.4 Å². The van der Waals surface area contributed by atoms with Gasteiger partial charge in [-0.05, 0) is 17.7 Å². The molecule has 0 saturated heterocycles. The fraction of sp³-hybridized carbons (Fsp3) is 0.250. The van der Waals surface area contributed by atoms with E-state index in [9.17, 15) is 14.4 Å². The fourth-order valence-corrected chi connectivity index (χ4v) is 2.80. The SMILES string of the molecule is COC(=O)CN(Cc1ccccc1)C(=O)c1cc(Cl)c(OCC(N)=O)c(OC)c1. The Balaban J connectivity index is 2.34. The number of methoxy groups -OCH3 is 2. The summed E-state index contributed by atoms with van der Waals surface area (Å²) in [4.78, 5) is 37.2. The Labute approximate surface area is 173 Å². The van der Waals surface area contributed by atoms with E-state index in [0.717, 1.165) is 5.56 Å². The van der Waals surface area contributed by atoms with Gasteiger partial charge in [0.05, 0.1) is 19.2 Å². The predicted molar refractivity (Wildman–Crippen MR) is 106 cm³/mol. The summed E-state index contributed by atoms with van der Waals surface area (Å²) in [6, 6.07) is 12.0. The van der Waals surface area contributed by atoms with Crippen LogP contribution >= 0.6 is 11.6 Å². The van der Waals surface area contributed by atoms with E-state index < -0.39 is 24.4 Å². The van der Waals surface area contributed by atoms with Crippen molar-refractivity contribution in [3.05, 3.63) is 58.6 Å². The average molecular weight is 421 g/mol. The van der Waals surface area contributed by atoms with Crippen LogP contribution in [-0.4, -0.2) is 50.1 Å². The van der Waals surface area contributed by atoms with Crippen LogP contribution in [0.4, 0.5) is 0 Å². The molecule has 9 heteroatoms. The first-order chi connectivity index (χ1) is 13.8. The highest BCUT2D eigenvalue weighted by Crippen LogP contribution is 2.36. The van der Waals surface area contributed by atoms with Crippen LogP contribution in [0.25, 0.3) is 0 Å². The number of esters is 1. The number of nitrogens with two attached hydrogens (primary N) is 1. The minimum absolute atomic E-state index is 0.0617. The molecule has 154 valence electrons. The van der Waals surface area contributed by atoms with Crippen molar-refractivity contribution in [2.24, 2.45) is 5.73 Å². The zero-order chi connectivity index (χ0) is 21.4. The number of ether oxygens (including phenoxy) is 3. The molecule has 2 amide bonds. The van der Waals surface area contributed by atoms with E-state index in [2.05, 4.69) is 0 Å². The zero-order valence-corrected chi connectivity index (χ0v) is 16.8.